The molecule has 16 heavy (non-hydrogen) atoms. The summed E-state index contributed by atoms with van der Waals surface area (Å²) in [6.45, 7) is 0.752. The van der Waals surface area contributed by atoms with Gasteiger partial charge in [0.1, 0.15) is 0 Å². The van der Waals surface area contributed by atoms with Crippen LogP contribution in [-0.4, -0.2) is 32.1 Å². The van der Waals surface area contributed by atoms with Gasteiger partial charge in [-0.25, -0.2) is 8.42 Å². The van der Waals surface area contributed by atoms with Crippen LogP contribution in [0.3, 0.4) is 0 Å². The van der Waals surface area contributed by atoms with E-state index in [4.69, 9.17) is 17.3 Å². The maximum atomic E-state index is 11.7. The number of nitrogens with two attached hydrogens (primary N) is 1. The SMILES string of the molecule is CN(Cc1ccc(Cl)s1)S(=O)(=O)CCCN. The van der Waals surface area contributed by atoms with Crippen LogP contribution in [0.1, 0.15) is 11.3 Å². The van der Waals surface area contributed by atoms with Crippen LogP contribution in [0.2, 0.25) is 4.34 Å². The lowest BCUT2D eigenvalue weighted by Gasteiger charge is -2.15. The molecular formula is C9H15ClN2O2S2. The summed E-state index contributed by atoms with van der Waals surface area (Å²) in [6.07, 6.45) is 0.484. The molecule has 2 N–H and O–H groups in total. The van der Waals surface area contributed by atoms with Crippen LogP contribution in [0.15, 0.2) is 12.1 Å². The molecule has 1 aromatic rings. The van der Waals surface area contributed by atoms with E-state index < -0.39 is 10.0 Å². The topological polar surface area (TPSA) is 63.4 Å². The molecule has 7 heteroatoms. The largest absolute Gasteiger partial charge is 0.330 e. The van der Waals surface area contributed by atoms with Crippen molar-refractivity contribution in [1.29, 1.82) is 0 Å². The molecule has 0 aliphatic heterocycles. The van der Waals surface area contributed by atoms with Crippen molar-refractivity contribution in [1.82, 2.24) is 4.31 Å². The first-order valence-electron chi connectivity index (χ1n) is 4.84. The van der Waals surface area contributed by atoms with E-state index in [0.717, 1.165) is 4.88 Å². The Balaban J connectivity index is 2.61. The van der Waals surface area contributed by atoms with Crippen LogP contribution in [0.5, 0.6) is 0 Å². The molecule has 0 aromatic carbocycles. The summed E-state index contributed by atoms with van der Waals surface area (Å²) in [5.41, 5.74) is 5.29. The molecule has 0 saturated carbocycles. The number of sulfonamides is 1. The molecule has 92 valence electrons. The lowest BCUT2D eigenvalue weighted by atomic mass is 10.5. The summed E-state index contributed by atoms with van der Waals surface area (Å²) in [5, 5.41) is 0. The third kappa shape index (κ3) is 4.03. The van der Waals surface area contributed by atoms with E-state index >= 15 is 0 Å². The smallest absolute Gasteiger partial charge is 0.214 e. The van der Waals surface area contributed by atoms with E-state index in [-0.39, 0.29) is 5.75 Å². The monoisotopic (exact) mass is 282 g/mol. The molecule has 0 bridgehead atoms. The highest BCUT2D eigenvalue weighted by molar-refractivity contribution is 7.89. The van der Waals surface area contributed by atoms with E-state index in [1.165, 1.54) is 15.6 Å². The van der Waals surface area contributed by atoms with Gasteiger partial charge in [0, 0.05) is 18.5 Å². The normalized spacial score (nSPS) is 12.2. The predicted octanol–water partition coefficient (Wildman–Crippen LogP) is 1.51. The minimum atomic E-state index is -3.19. The summed E-state index contributed by atoms with van der Waals surface area (Å²) in [6, 6.07) is 3.60. The fourth-order valence-electron chi connectivity index (χ4n) is 1.18. The summed E-state index contributed by atoms with van der Waals surface area (Å²) < 4.78 is 25.5. The summed E-state index contributed by atoms with van der Waals surface area (Å²) in [4.78, 5) is 0.934. The molecule has 0 amide bonds. The third-order valence-corrected chi connectivity index (χ3v) is 5.19. The molecule has 0 fully saturated rings. The van der Waals surface area contributed by atoms with Crippen molar-refractivity contribution in [2.24, 2.45) is 5.73 Å². The minimum absolute atomic E-state index is 0.0963. The number of rotatable bonds is 6. The molecule has 1 heterocycles. The van der Waals surface area contributed by atoms with Gasteiger partial charge in [0.05, 0.1) is 10.1 Å². The predicted molar refractivity (Wildman–Crippen MR) is 68.3 cm³/mol. The molecule has 0 radical (unpaired) electrons. The van der Waals surface area contributed by atoms with Gasteiger partial charge in [0.25, 0.3) is 0 Å². The number of thiophene rings is 1. The van der Waals surface area contributed by atoms with Crippen molar-refractivity contribution in [3.8, 4) is 0 Å². The lowest BCUT2D eigenvalue weighted by Crippen LogP contribution is -2.29. The minimum Gasteiger partial charge on any atom is -0.330 e. The molecule has 0 aliphatic carbocycles. The number of hydrogen-bond acceptors (Lipinski definition) is 4. The molecular weight excluding hydrogens is 268 g/mol. The fraction of sp³-hybridized carbons (Fsp3) is 0.556. The quantitative estimate of drug-likeness (QED) is 0.860. The van der Waals surface area contributed by atoms with Gasteiger partial charge in [-0.1, -0.05) is 11.6 Å². The van der Waals surface area contributed by atoms with Crippen LogP contribution in [0.4, 0.5) is 0 Å². The van der Waals surface area contributed by atoms with E-state index in [1.54, 1.807) is 13.1 Å². The Labute approximate surface area is 105 Å². The molecule has 0 atom stereocenters. The highest BCUT2D eigenvalue weighted by Gasteiger charge is 2.17. The van der Waals surface area contributed by atoms with Gasteiger partial charge in [0.15, 0.2) is 0 Å². The van der Waals surface area contributed by atoms with Crippen molar-refractivity contribution in [3.63, 3.8) is 0 Å². The molecule has 1 aromatic heterocycles. The first-order chi connectivity index (χ1) is 7.45. The van der Waals surface area contributed by atoms with E-state index in [1.807, 2.05) is 6.07 Å². The Kier molecular flexibility index (Phi) is 5.20. The molecule has 1 rings (SSSR count). The second kappa shape index (κ2) is 5.97. The molecule has 0 spiro atoms. The highest BCUT2D eigenvalue weighted by Crippen LogP contribution is 2.23. The van der Waals surface area contributed by atoms with Crippen molar-refractivity contribution < 1.29 is 8.42 Å². The lowest BCUT2D eigenvalue weighted by molar-refractivity contribution is 0.468. The Bertz CT molecular complexity index is 430. The maximum absolute atomic E-state index is 11.7. The first kappa shape index (κ1) is 13.9. The zero-order chi connectivity index (χ0) is 12.2. The Morgan fingerprint density at radius 2 is 2.19 bits per heavy atom. The Morgan fingerprint density at radius 3 is 2.69 bits per heavy atom. The Morgan fingerprint density at radius 1 is 1.50 bits per heavy atom. The van der Waals surface area contributed by atoms with E-state index in [2.05, 4.69) is 0 Å². The van der Waals surface area contributed by atoms with Gasteiger partial charge in [-0.2, -0.15) is 4.31 Å². The molecule has 0 saturated heterocycles. The number of nitrogens with zero attached hydrogens (tertiary/aromatic N) is 1. The average Bonchev–Trinajstić information content (AvgIpc) is 2.61. The Hall–Kier alpha value is -0.140. The van der Waals surface area contributed by atoms with Gasteiger partial charge in [0.2, 0.25) is 10.0 Å². The highest BCUT2D eigenvalue weighted by atomic mass is 35.5. The second-order valence-corrected chi connectivity index (χ2v) is 7.42. The average molecular weight is 283 g/mol. The third-order valence-electron chi connectivity index (χ3n) is 2.09. The fourth-order valence-corrected chi connectivity index (χ4v) is 3.58. The first-order valence-corrected chi connectivity index (χ1v) is 7.64. The second-order valence-electron chi connectivity index (χ2n) is 3.42. The molecule has 0 aliphatic rings. The van der Waals surface area contributed by atoms with Crippen LogP contribution in [0, 0.1) is 0 Å². The summed E-state index contributed by atoms with van der Waals surface area (Å²) >= 11 is 7.17. The van der Waals surface area contributed by atoms with Crippen molar-refractivity contribution in [3.05, 3.63) is 21.3 Å². The van der Waals surface area contributed by atoms with Crippen LogP contribution in [-0.2, 0) is 16.6 Å². The van der Waals surface area contributed by atoms with Crippen molar-refractivity contribution in [2.75, 3.05) is 19.3 Å². The standard InChI is InChI=1S/C9H15ClN2O2S2/c1-12(16(13,14)6-2-5-11)7-8-3-4-9(10)15-8/h3-4H,2,5-7,11H2,1H3. The number of hydrogen-bond donors (Lipinski definition) is 1. The molecule has 4 nitrogen and oxygen atoms in total. The van der Waals surface area contributed by atoms with E-state index in [0.29, 0.717) is 23.8 Å². The van der Waals surface area contributed by atoms with Crippen LogP contribution < -0.4 is 5.73 Å². The van der Waals surface area contributed by atoms with Gasteiger partial charge in [-0.15, -0.1) is 11.3 Å². The van der Waals surface area contributed by atoms with Crippen LogP contribution >= 0.6 is 22.9 Å². The van der Waals surface area contributed by atoms with Gasteiger partial charge in [-0.05, 0) is 25.1 Å². The summed E-state index contributed by atoms with van der Waals surface area (Å²) in [7, 11) is -1.63. The molecule has 0 unspecified atom stereocenters. The zero-order valence-corrected chi connectivity index (χ0v) is 11.4. The van der Waals surface area contributed by atoms with Gasteiger partial charge in [-0.3, -0.25) is 0 Å². The van der Waals surface area contributed by atoms with Gasteiger partial charge >= 0.3 is 0 Å². The maximum Gasteiger partial charge on any atom is 0.214 e. The summed E-state index contributed by atoms with van der Waals surface area (Å²) in [5.74, 6) is 0.0963. The number of halogens is 1. The van der Waals surface area contributed by atoms with Crippen molar-refractivity contribution >= 4 is 33.0 Å². The van der Waals surface area contributed by atoms with Crippen molar-refractivity contribution in [2.45, 2.75) is 13.0 Å². The van der Waals surface area contributed by atoms with Gasteiger partial charge < -0.3 is 5.73 Å². The van der Waals surface area contributed by atoms with E-state index in [9.17, 15) is 8.42 Å². The van der Waals surface area contributed by atoms with Crippen LogP contribution in [0.25, 0.3) is 0 Å². The zero-order valence-electron chi connectivity index (χ0n) is 9.02.